The third kappa shape index (κ3) is 3.24. The molecule has 142 valence electrons. The minimum atomic E-state index is 0.0648. The quantitative estimate of drug-likeness (QED) is 0.466. The highest BCUT2D eigenvalue weighted by Crippen LogP contribution is 2.27. The summed E-state index contributed by atoms with van der Waals surface area (Å²) in [5.41, 5.74) is 5.08. The Hall–Kier alpha value is -2.86. The summed E-state index contributed by atoms with van der Waals surface area (Å²) in [7, 11) is 0. The zero-order valence-corrected chi connectivity index (χ0v) is 17.0. The van der Waals surface area contributed by atoms with Crippen LogP contribution in [0.25, 0.3) is 16.6 Å². The maximum Gasteiger partial charge on any atom is 0.237 e. The summed E-state index contributed by atoms with van der Waals surface area (Å²) in [6.07, 6.45) is 0. The van der Waals surface area contributed by atoms with Gasteiger partial charge < -0.3 is 4.90 Å². The summed E-state index contributed by atoms with van der Waals surface area (Å²) in [5.74, 6) is 0.375. The van der Waals surface area contributed by atoms with Crippen LogP contribution in [-0.2, 0) is 4.79 Å². The third-order valence-corrected chi connectivity index (χ3v) is 5.84. The first-order valence-electron chi connectivity index (χ1n) is 9.32. The molecule has 4 rings (SSSR count). The molecule has 1 amide bonds. The molecule has 2 heterocycles. The fraction of sp³-hybridized carbons (Fsp3) is 0.227. The highest BCUT2D eigenvalue weighted by Gasteiger charge is 2.18. The lowest BCUT2D eigenvalue weighted by atomic mass is 10.1. The molecule has 0 bridgehead atoms. The van der Waals surface area contributed by atoms with Crippen molar-refractivity contribution in [1.82, 2.24) is 14.6 Å². The number of hydrogen-bond acceptors (Lipinski definition) is 4. The second-order valence-electron chi connectivity index (χ2n) is 6.73. The summed E-state index contributed by atoms with van der Waals surface area (Å²) < 4.78 is 2.03. The van der Waals surface area contributed by atoms with Gasteiger partial charge in [-0.15, -0.1) is 10.2 Å². The number of rotatable bonds is 5. The van der Waals surface area contributed by atoms with E-state index in [2.05, 4.69) is 29.3 Å². The fourth-order valence-electron chi connectivity index (χ4n) is 3.52. The van der Waals surface area contributed by atoms with Gasteiger partial charge >= 0.3 is 0 Å². The molecule has 6 heteroatoms. The van der Waals surface area contributed by atoms with Crippen LogP contribution in [-0.4, -0.2) is 32.8 Å². The number of nitrogens with zero attached hydrogens (tertiary/aromatic N) is 4. The van der Waals surface area contributed by atoms with Crippen molar-refractivity contribution in [2.75, 3.05) is 17.2 Å². The van der Waals surface area contributed by atoms with Crippen LogP contribution in [0.4, 0.5) is 5.69 Å². The lowest BCUT2D eigenvalue weighted by Crippen LogP contribution is -2.32. The summed E-state index contributed by atoms with van der Waals surface area (Å²) in [6.45, 7) is 6.73. The Kier molecular flexibility index (Phi) is 5.05. The Morgan fingerprint density at radius 3 is 2.57 bits per heavy atom. The standard InChI is InChI=1S/C22H22N4OS/c1-4-25(18-11-7-5-9-15(18)2)21(27)14-28-22-24-23-20-13-16(3)17-10-6-8-12-19(17)26(20)22/h5-13H,4,14H2,1-3H3. The van der Waals surface area contributed by atoms with E-state index in [1.54, 1.807) is 0 Å². The molecule has 2 aromatic heterocycles. The molecule has 0 unspecified atom stereocenters. The average Bonchev–Trinajstić information content (AvgIpc) is 3.11. The number of benzene rings is 2. The zero-order valence-electron chi connectivity index (χ0n) is 16.2. The number of hydrogen-bond donors (Lipinski definition) is 0. The van der Waals surface area contributed by atoms with Crippen molar-refractivity contribution in [3.63, 3.8) is 0 Å². The summed E-state index contributed by atoms with van der Waals surface area (Å²) >= 11 is 1.43. The van der Waals surface area contributed by atoms with E-state index in [9.17, 15) is 4.79 Å². The van der Waals surface area contributed by atoms with Gasteiger partial charge in [-0.2, -0.15) is 0 Å². The van der Waals surface area contributed by atoms with Gasteiger partial charge in [0.1, 0.15) is 0 Å². The number of para-hydroxylation sites is 2. The van der Waals surface area contributed by atoms with E-state index in [0.717, 1.165) is 33.0 Å². The predicted molar refractivity (Wildman–Crippen MR) is 115 cm³/mol. The normalized spacial score (nSPS) is 11.2. The maximum atomic E-state index is 12.9. The Balaban J connectivity index is 1.63. The van der Waals surface area contributed by atoms with Crippen molar-refractivity contribution in [2.45, 2.75) is 25.9 Å². The number of aryl methyl sites for hydroxylation is 2. The van der Waals surface area contributed by atoms with E-state index in [1.165, 1.54) is 17.3 Å². The minimum absolute atomic E-state index is 0.0648. The SMILES string of the molecule is CCN(C(=O)CSc1nnc2cc(C)c3ccccc3n12)c1ccccc1C. The van der Waals surface area contributed by atoms with Crippen LogP contribution in [0.15, 0.2) is 59.8 Å². The topological polar surface area (TPSA) is 50.5 Å². The van der Waals surface area contributed by atoms with Crippen molar-refractivity contribution in [1.29, 1.82) is 0 Å². The summed E-state index contributed by atoms with van der Waals surface area (Å²) in [5, 5.41) is 10.6. The lowest BCUT2D eigenvalue weighted by Gasteiger charge is -2.22. The van der Waals surface area contributed by atoms with Crippen molar-refractivity contribution in [2.24, 2.45) is 0 Å². The van der Waals surface area contributed by atoms with E-state index < -0.39 is 0 Å². The van der Waals surface area contributed by atoms with Crippen molar-refractivity contribution >= 4 is 39.9 Å². The van der Waals surface area contributed by atoms with Crippen LogP contribution in [0.3, 0.4) is 0 Å². The molecule has 5 nitrogen and oxygen atoms in total. The summed E-state index contributed by atoms with van der Waals surface area (Å²) in [4.78, 5) is 14.8. The number of carbonyl (C=O) groups is 1. The number of amides is 1. The monoisotopic (exact) mass is 390 g/mol. The van der Waals surface area contributed by atoms with Crippen LogP contribution >= 0.6 is 11.8 Å². The molecule has 0 fully saturated rings. The maximum absolute atomic E-state index is 12.9. The van der Waals surface area contributed by atoms with Gasteiger partial charge in [0.2, 0.25) is 5.91 Å². The van der Waals surface area contributed by atoms with Gasteiger partial charge in [0.05, 0.1) is 11.3 Å². The van der Waals surface area contributed by atoms with Gasteiger partial charge in [-0.05, 0) is 50.1 Å². The molecular formula is C22H22N4OS. The molecule has 0 saturated carbocycles. The second-order valence-corrected chi connectivity index (χ2v) is 7.68. The number of aromatic nitrogens is 3. The first kappa shape index (κ1) is 18.5. The highest BCUT2D eigenvalue weighted by atomic mass is 32.2. The first-order chi connectivity index (χ1) is 13.6. The Bertz CT molecular complexity index is 1170. The minimum Gasteiger partial charge on any atom is -0.312 e. The molecule has 2 aromatic carbocycles. The molecule has 28 heavy (non-hydrogen) atoms. The van der Waals surface area contributed by atoms with E-state index in [4.69, 9.17) is 0 Å². The van der Waals surface area contributed by atoms with Gasteiger partial charge in [0.25, 0.3) is 0 Å². The Morgan fingerprint density at radius 2 is 1.79 bits per heavy atom. The van der Waals surface area contributed by atoms with Crippen LogP contribution in [0.1, 0.15) is 18.1 Å². The number of carbonyl (C=O) groups excluding carboxylic acids is 1. The van der Waals surface area contributed by atoms with Gasteiger partial charge in [-0.3, -0.25) is 9.20 Å². The molecule has 0 aliphatic rings. The lowest BCUT2D eigenvalue weighted by molar-refractivity contribution is -0.116. The number of pyridine rings is 1. The van der Waals surface area contributed by atoms with E-state index in [0.29, 0.717) is 12.3 Å². The smallest absolute Gasteiger partial charge is 0.237 e. The first-order valence-corrected chi connectivity index (χ1v) is 10.3. The second kappa shape index (κ2) is 7.64. The van der Waals surface area contributed by atoms with E-state index in [-0.39, 0.29) is 5.91 Å². The number of fused-ring (bicyclic) bond motifs is 3. The largest absolute Gasteiger partial charge is 0.312 e. The van der Waals surface area contributed by atoms with Crippen molar-refractivity contribution in [3.8, 4) is 0 Å². The van der Waals surface area contributed by atoms with Gasteiger partial charge in [0.15, 0.2) is 10.8 Å². The highest BCUT2D eigenvalue weighted by molar-refractivity contribution is 7.99. The van der Waals surface area contributed by atoms with Crippen molar-refractivity contribution in [3.05, 3.63) is 65.7 Å². The molecule has 4 aromatic rings. The Morgan fingerprint density at radius 1 is 1.04 bits per heavy atom. The molecule has 0 radical (unpaired) electrons. The molecule has 0 atom stereocenters. The van der Waals surface area contributed by atoms with Crippen LogP contribution in [0.5, 0.6) is 0 Å². The molecule has 0 saturated heterocycles. The van der Waals surface area contributed by atoms with Crippen LogP contribution < -0.4 is 4.90 Å². The average molecular weight is 391 g/mol. The third-order valence-electron chi connectivity index (χ3n) is 4.92. The Labute approximate surface area is 168 Å². The molecule has 0 spiro atoms. The van der Waals surface area contributed by atoms with Crippen LogP contribution in [0, 0.1) is 13.8 Å². The van der Waals surface area contributed by atoms with E-state index in [1.807, 2.05) is 65.6 Å². The van der Waals surface area contributed by atoms with Gasteiger partial charge in [0, 0.05) is 17.6 Å². The molecule has 0 N–H and O–H groups in total. The van der Waals surface area contributed by atoms with Crippen molar-refractivity contribution < 1.29 is 4.79 Å². The molecule has 0 aliphatic carbocycles. The number of thioether (sulfide) groups is 1. The molecular weight excluding hydrogens is 368 g/mol. The van der Waals surface area contributed by atoms with Crippen LogP contribution in [0.2, 0.25) is 0 Å². The predicted octanol–water partition coefficient (Wildman–Crippen LogP) is 4.64. The number of anilines is 1. The van der Waals surface area contributed by atoms with Gasteiger partial charge in [-0.25, -0.2) is 0 Å². The zero-order chi connectivity index (χ0) is 19.7. The van der Waals surface area contributed by atoms with Gasteiger partial charge in [-0.1, -0.05) is 48.2 Å². The molecule has 0 aliphatic heterocycles. The van der Waals surface area contributed by atoms with E-state index >= 15 is 0 Å². The fourth-order valence-corrected chi connectivity index (χ4v) is 4.35. The summed E-state index contributed by atoms with van der Waals surface area (Å²) in [6, 6.07) is 18.2.